The molecule has 1 fully saturated rings. The summed E-state index contributed by atoms with van der Waals surface area (Å²) >= 11 is 2.07. The van der Waals surface area contributed by atoms with Crippen molar-refractivity contribution in [3.8, 4) is 11.5 Å². The summed E-state index contributed by atoms with van der Waals surface area (Å²) in [5.74, 6) is 0.755. The van der Waals surface area contributed by atoms with Gasteiger partial charge in [-0.3, -0.25) is 0 Å². The molecule has 3 rings (SSSR count). The van der Waals surface area contributed by atoms with Crippen LogP contribution in [-0.2, 0) is 14.5 Å². The lowest BCUT2D eigenvalue weighted by Crippen LogP contribution is -2.42. The molecule has 0 aliphatic carbocycles. The number of allylic oxidation sites excluding steroid dienone is 1. The van der Waals surface area contributed by atoms with Gasteiger partial charge in [-0.25, -0.2) is 8.42 Å². The van der Waals surface area contributed by atoms with Crippen molar-refractivity contribution in [3.63, 3.8) is 0 Å². The lowest BCUT2D eigenvalue weighted by molar-refractivity contribution is 0.169. The Hall–Kier alpha value is -1.04. The van der Waals surface area contributed by atoms with Crippen molar-refractivity contribution in [3.05, 3.63) is 38.0 Å². The molecule has 0 radical (unpaired) electrons. The zero-order chi connectivity index (χ0) is 22.9. The number of phenols is 1. The van der Waals surface area contributed by atoms with Gasteiger partial charge >= 0.3 is 7.12 Å². The molecule has 2 aliphatic rings. The standard InChI is InChI=1S/C22H30BIO6S/c1-5-14(8-15-9-17(24)22(25)19(10-15)29-4)6-7-18-21-16(13(2)3)12-31(27,28)20(21)11-23(26)30-18/h8-10,13,18,20,25-26H,5-7,11-12H2,1-4H3/b14-8+/t18-,20+/m1/s1. The van der Waals surface area contributed by atoms with Crippen molar-refractivity contribution in [2.45, 2.75) is 57.7 Å². The van der Waals surface area contributed by atoms with Gasteiger partial charge < -0.3 is 19.5 Å². The fourth-order valence-electron chi connectivity index (χ4n) is 4.45. The summed E-state index contributed by atoms with van der Waals surface area (Å²) in [5.41, 5.74) is 3.93. The molecule has 170 valence electrons. The monoisotopic (exact) mass is 560 g/mol. The maximum atomic E-state index is 12.7. The number of hydrogen-bond acceptors (Lipinski definition) is 6. The van der Waals surface area contributed by atoms with E-state index in [2.05, 4.69) is 35.6 Å². The summed E-state index contributed by atoms with van der Waals surface area (Å²) in [6.07, 6.45) is 3.95. The highest BCUT2D eigenvalue weighted by molar-refractivity contribution is 14.1. The van der Waals surface area contributed by atoms with Crippen LogP contribution in [0.1, 0.15) is 45.6 Å². The predicted molar refractivity (Wildman–Crippen MR) is 132 cm³/mol. The number of phenolic OH excluding ortho intramolecular Hbond substituents is 1. The van der Waals surface area contributed by atoms with Gasteiger partial charge in [-0.1, -0.05) is 32.4 Å². The zero-order valence-corrected chi connectivity index (χ0v) is 21.4. The third kappa shape index (κ3) is 5.31. The Kier molecular flexibility index (Phi) is 7.81. The molecule has 1 saturated heterocycles. The molecule has 1 aromatic carbocycles. The number of halogens is 1. The van der Waals surface area contributed by atoms with Crippen LogP contribution >= 0.6 is 22.6 Å². The molecule has 0 amide bonds. The number of benzene rings is 1. The first-order valence-electron chi connectivity index (χ1n) is 10.6. The molecular weight excluding hydrogens is 530 g/mol. The van der Waals surface area contributed by atoms with Crippen molar-refractivity contribution in [2.75, 3.05) is 12.9 Å². The Morgan fingerprint density at radius 1 is 1.42 bits per heavy atom. The predicted octanol–water partition coefficient (Wildman–Crippen LogP) is 4.21. The van der Waals surface area contributed by atoms with Crippen molar-refractivity contribution in [1.82, 2.24) is 0 Å². The average Bonchev–Trinajstić information content (AvgIpc) is 2.98. The summed E-state index contributed by atoms with van der Waals surface area (Å²) in [6, 6.07) is 3.70. The van der Waals surface area contributed by atoms with Gasteiger partial charge in [-0.15, -0.1) is 0 Å². The minimum absolute atomic E-state index is 0.0689. The summed E-state index contributed by atoms with van der Waals surface area (Å²) < 4.78 is 37.2. The largest absolute Gasteiger partial charge is 0.504 e. The van der Waals surface area contributed by atoms with Gasteiger partial charge in [0.1, 0.15) is 0 Å². The van der Waals surface area contributed by atoms with E-state index in [4.69, 9.17) is 9.39 Å². The molecule has 6 nitrogen and oxygen atoms in total. The van der Waals surface area contributed by atoms with E-state index in [0.29, 0.717) is 15.7 Å². The molecule has 0 aromatic heterocycles. The molecule has 0 unspecified atom stereocenters. The Labute approximate surface area is 198 Å². The third-order valence-electron chi connectivity index (χ3n) is 6.11. The summed E-state index contributed by atoms with van der Waals surface area (Å²) in [4.78, 5) is 0. The molecule has 2 heterocycles. The van der Waals surface area contributed by atoms with Crippen LogP contribution in [0.3, 0.4) is 0 Å². The quantitative estimate of drug-likeness (QED) is 0.295. The summed E-state index contributed by atoms with van der Waals surface area (Å²) in [5, 5.41) is 19.6. The van der Waals surface area contributed by atoms with Gasteiger partial charge in [-0.2, -0.15) is 0 Å². The molecule has 0 spiro atoms. The first kappa shape index (κ1) is 24.6. The highest BCUT2D eigenvalue weighted by Gasteiger charge is 2.48. The molecule has 2 atom stereocenters. The Morgan fingerprint density at radius 2 is 2.13 bits per heavy atom. The minimum atomic E-state index is -3.28. The van der Waals surface area contributed by atoms with Crippen LogP contribution in [0.5, 0.6) is 11.5 Å². The van der Waals surface area contributed by atoms with E-state index in [1.54, 1.807) is 6.07 Å². The average molecular weight is 560 g/mol. The molecule has 2 N–H and O–H groups in total. The lowest BCUT2D eigenvalue weighted by atomic mass is 9.74. The number of methoxy groups -OCH3 is 1. The molecule has 0 saturated carbocycles. The molecule has 2 aliphatic heterocycles. The van der Waals surface area contributed by atoms with Crippen molar-refractivity contribution in [1.29, 1.82) is 0 Å². The van der Waals surface area contributed by atoms with E-state index in [1.807, 2.05) is 19.9 Å². The van der Waals surface area contributed by atoms with E-state index in [0.717, 1.165) is 29.6 Å². The van der Waals surface area contributed by atoms with Crippen LogP contribution in [0, 0.1) is 9.49 Å². The van der Waals surface area contributed by atoms with E-state index >= 15 is 0 Å². The molecular formula is C22H30BIO6S. The fourth-order valence-corrected chi connectivity index (χ4v) is 7.36. The van der Waals surface area contributed by atoms with Crippen molar-refractivity contribution in [2.24, 2.45) is 5.92 Å². The van der Waals surface area contributed by atoms with Gasteiger partial charge in [0.05, 0.1) is 27.8 Å². The first-order chi connectivity index (χ1) is 14.6. The maximum absolute atomic E-state index is 12.7. The summed E-state index contributed by atoms with van der Waals surface area (Å²) in [7, 11) is -2.82. The second kappa shape index (κ2) is 9.85. The number of aromatic hydroxyl groups is 1. The normalized spacial score (nSPS) is 23.5. The highest BCUT2D eigenvalue weighted by atomic mass is 127. The van der Waals surface area contributed by atoms with Gasteiger partial charge in [0.15, 0.2) is 21.3 Å². The number of sulfone groups is 1. The molecule has 0 bridgehead atoms. The molecule has 9 heteroatoms. The second-order valence-electron chi connectivity index (χ2n) is 8.49. The van der Waals surface area contributed by atoms with Gasteiger partial charge in [0.2, 0.25) is 0 Å². The van der Waals surface area contributed by atoms with Crippen LogP contribution in [0.25, 0.3) is 6.08 Å². The van der Waals surface area contributed by atoms with Crippen LogP contribution in [0.4, 0.5) is 0 Å². The van der Waals surface area contributed by atoms with E-state index < -0.39 is 28.3 Å². The third-order valence-corrected chi connectivity index (χ3v) is 8.96. The Bertz CT molecular complexity index is 1000. The number of hydrogen-bond donors (Lipinski definition) is 2. The zero-order valence-electron chi connectivity index (χ0n) is 18.4. The van der Waals surface area contributed by atoms with E-state index in [1.165, 1.54) is 12.7 Å². The number of rotatable bonds is 7. The Balaban J connectivity index is 1.85. The minimum Gasteiger partial charge on any atom is -0.504 e. The fraction of sp³-hybridized carbons (Fsp3) is 0.545. The topological polar surface area (TPSA) is 93.1 Å². The molecule has 1 aromatic rings. The van der Waals surface area contributed by atoms with Crippen LogP contribution in [0.2, 0.25) is 6.32 Å². The second-order valence-corrected chi connectivity index (χ2v) is 11.8. The number of fused-ring (bicyclic) bond motifs is 1. The van der Waals surface area contributed by atoms with Gasteiger partial charge in [0, 0.05) is 6.32 Å². The Morgan fingerprint density at radius 3 is 2.74 bits per heavy atom. The van der Waals surface area contributed by atoms with Crippen molar-refractivity contribution >= 4 is 45.6 Å². The smallest absolute Gasteiger partial charge is 0.456 e. The van der Waals surface area contributed by atoms with Crippen LogP contribution < -0.4 is 4.74 Å². The van der Waals surface area contributed by atoms with Crippen molar-refractivity contribution < 1.29 is 27.9 Å². The summed E-state index contributed by atoms with van der Waals surface area (Å²) in [6.45, 7) is 6.10. The first-order valence-corrected chi connectivity index (χ1v) is 13.4. The maximum Gasteiger partial charge on any atom is 0.456 e. The SMILES string of the molecule is CC/C(=C\c1cc(I)c(O)c(OC)c1)CC[C@H]1OB(O)C[C@H]2C1=C(C(C)C)CS2(=O)=O. The van der Waals surface area contributed by atoms with Crippen LogP contribution in [0.15, 0.2) is 28.9 Å². The number of ether oxygens (including phenoxy) is 1. The van der Waals surface area contributed by atoms with Crippen LogP contribution in [-0.4, -0.2) is 49.9 Å². The van der Waals surface area contributed by atoms with E-state index in [9.17, 15) is 18.5 Å². The van der Waals surface area contributed by atoms with E-state index in [-0.39, 0.29) is 23.7 Å². The molecule has 31 heavy (non-hydrogen) atoms. The van der Waals surface area contributed by atoms with Gasteiger partial charge in [-0.05, 0) is 76.6 Å². The lowest BCUT2D eigenvalue weighted by Gasteiger charge is -2.32. The highest BCUT2D eigenvalue weighted by Crippen LogP contribution is 2.42. The van der Waals surface area contributed by atoms with Gasteiger partial charge in [0.25, 0.3) is 0 Å².